The fourth-order valence-corrected chi connectivity index (χ4v) is 2.42. The van der Waals surface area contributed by atoms with Crippen LogP contribution in [0.1, 0.15) is 41.9 Å². The average molecular weight is 258 g/mol. The highest BCUT2D eigenvalue weighted by Gasteiger charge is 2.16. The van der Waals surface area contributed by atoms with Crippen molar-refractivity contribution in [1.82, 2.24) is 15.2 Å². The Morgan fingerprint density at radius 1 is 1.32 bits per heavy atom. The Kier molecular flexibility index (Phi) is 4.35. The van der Waals surface area contributed by atoms with Gasteiger partial charge in [-0.25, -0.2) is 5.43 Å². The molecule has 3 N–H and O–H groups in total. The Hall–Kier alpha value is -1.65. The lowest BCUT2D eigenvalue weighted by Gasteiger charge is -2.17. The summed E-state index contributed by atoms with van der Waals surface area (Å²) in [4.78, 5) is 0. The number of benzene rings is 1. The quantitative estimate of drug-likeness (QED) is 0.639. The van der Waals surface area contributed by atoms with Gasteiger partial charge in [-0.1, -0.05) is 37.6 Å². The van der Waals surface area contributed by atoms with Gasteiger partial charge in [-0.3, -0.25) is 10.5 Å². The second-order valence-corrected chi connectivity index (χ2v) is 4.93. The average Bonchev–Trinajstić information content (AvgIpc) is 2.72. The largest absolute Gasteiger partial charge is 0.271 e. The molecular weight excluding hydrogens is 236 g/mol. The van der Waals surface area contributed by atoms with Crippen LogP contribution in [0, 0.1) is 6.92 Å². The van der Waals surface area contributed by atoms with E-state index in [1.54, 1.807) is 0 Å². The van der Waals surface area contributed by atoms with Crippen molar-refractivity contribution in [2.75, 3.05) is 0 Å². The zero-order valence-electron chi connectivity index (χ0n) is 11.9. The maximum Gasteiger partial charge on any atom is 0.0878 e. The third kappa shape index (κ3) is 3.03. The van der Waals surface area contributed by atoms with Crippen LogP contribution >= 0.6 is 0 Å². The first kappa shape index (κ1) is 13.8. The van der Waals surface area contributed by atoms with Gasteiger partial charge in [0, 0.05) is 7.05 Å². The van der Waals surface area contributed by atoms with Crippen molar-refractivity contribution in [3.8, 4) is 0 Å². The lowest BCUT2D eigenvalue weighted by Crippen LogP contribution is -2.30. The van der Waals surface area contributed by atoms with Gasteiger partial charge in [0.15, 0.2) is 0 Å². The second-order valence-electron chi connectivity index (χ2n) is 4.93. The predicted molar refractivity (Wildman–Crippen MR) is 77.5 cm³/mol. The summed E-state index contributed by atoms with van der Waals surface area (Å²) in [5.41, 5.74) is 7.47. The first-order chi connectivity index (χ1) is 9.15. The lowest BCUT2D eigenvalue weighted by atomic mass is 10.0. The number of rotatable bonds is 5. The normalized spacial score (nSPS) is 12.6. The van der Waals surface area contributed by atoms with E-state index >= 15 is 0 Å². The molecule has 0 amide bonds. The predicted octanol–water partition coefficient (Wildman–Crippen LogP) is 2.23. The Bertz CT molecular complexity index is 528. The molecule has 2 aromatic rings. The summed E-state index contributed by atoms with van der Waals surface area (Å²) in [6, 6.07) is 10.7. The van der Waals surface area contributed by atoms with Crippen LogP contribution < -0.4 is 11.3 Å². The highest BCUT2D eigenvalue weighted by molar-refractivity contribution is 5.31. The van der Waals surface area contributed by atoms with Gasteiger partial charge in [-0.05, 0) is 30.5 Å². The van der Waals surface area contributed by atoms with E-state index in [0.29, 0.717) is 0 Å². The molecule has 4 heteroatoms. The molecule has 0 aliphatic heterocycles. The van der Waals surface area contributed by atoms with E-state index in [2.05, 4.69) is 47.8 Å². The highest BCUT2D eigenvalue weighted by Crippen LogP contribution is 2.22. The number of nitrogens with zero attached hydrogens (tertiary/aromatic N) is 2. The monoisotopic (exact) mass is 258 g/mol. The summed E-state index contributed by atoms with van der Waals surface area (Å²) < 4.78 is 1.87. The number of nitrogens with one attached hydrogen (secondary N) is 1. The van der Waals surface area contributed by atoms with Crippen LogP contribution in [-0.2, 0) is 13.5 Å². The van der Waals surface area contributed by atoms with Crippen LogP contribution in [-0.4, -0.2) is 9.78 Å². The Labute approximate surface area is 114 Å². The van der Waals surface area contributed by atoms with Crippen molar-refractivity contribution in [3.63, 3.8) is 0 Å². The summed E-state index contributed by atoms with van der Waals surface area (Å²) >= 11 is 0. The molecule has 1 heterocycles. The molecule has 0 radical (unpaired) electrons. The number of hydrogen-bond donors (Lipinski definition) is 2. The number of aromatic nitrogens is 2. The molecule has 0 aliphatic rings. The minimum atomic E-state index is -0.0260. The van der Waals surface area contributed by atoms with Crippen LogP contribution in [0.15, 0.2) is 30.3 Å². The fourth-order valence-electron chi connectivity index (χ4n) is 2.42. The maximum absolute atomic E-state index is 5.72. The van der Waals surface area contributed by atoms with Crippen molar-refractivity contribution in [2.45, 2.75) is 32.7 Å². The van der Waals surface area contributed by atoms with Crippen LogP contribution in [0.25, 0.3) is 0 Å². The number of hydrazine groups is 1. The van der Waals surface area contributed by atoms with Gasteiger partial charge < -0.3 is 0 Å². The van der Waals surface area contributed by atoms with Crippen LogP contribution in [0.5, 0.6) is 0 Å². The van der Waals surface area contributed by atoms with Crippen LogP contribution in [0.3, 0.4) is 0 Å². The molecule has 1 unspecified atom stereocenters. The van der Waals surface area contributed by atoms with Gasteiger partial charge in [0.2, 0.25) is 0 Å². The summed E-state index contributed by atoms with van der Waals surface area (Å²) in [7, 11) is 1.94. The van der Waals surface area contributed by atoms with E-state index in [1.807, 2.05) is 18.7 Å². The van der Waals surface area contributed by atoms with Gasteiger partial charge in [0.1, 0.15) is 0 Å². The first-order valence-corrected chi connectivity index (χ1v) is 6.71. The smallest absolute Gasteiger partial charge is 0.0878 e. The number of aryl methyl sites for hydroxylation is 3. The minimum absolute atomic E-state index is 0.0260. The van der Waals surface area contributed by atoms with Gasteiger partial charge in [0.25, 0.3) is 0 Å². The standard InChI is InChI=1S/C15H22N4/c1-4-5-12-6-8-13(9-7-12)15(17-16)14-10-11(2)18-19(14)3/h6-10,15,17H,4-5,16H2,1-3H3. The SMILES string of the molecule is CCCc1ccc(C(NN)c2cc(C)nn2C)cc1. The van der Waals surface area contributed by atoms with E-state index in [9.17, 15) is 0 Å². The number of nitrogens with two attached hydrogens (primary N) is 1. The Balaban J connectivity index is 2.29. The maximum atomic E-state index is 5.72. The molecule has 1 atom stereocenters. The van der Waals surface area contributed by atoms with Gasteiger partial charge in [-0.15, -0.1) is 0 Å². The number of hydrogen-bond acceptors (Lipinski definition) is 3. The van der Waals surface area contributed by atoms with Crippen molar-refractivity contribution in [3.05, 3.63) is 52.8 Å². The molecule has 19 heavy (non-hydrogen) atoms. The van der Waals surface area contributed by atoms with Crippen LogP contribution in [0.2, 0.25) is 0 Å². The Morgan fingerprint density at radius 3 is 2.47 bits per heavy atom. The van der Waals surface area contributed by atoms with Crippen molar-refractivity contribution >= 4 is 0 Å². The molecule has 0 saturated carbocycles. The molecule has 4 nitrogen and oxygen atoms in total. The van der Waals surface area contributed by atoms with Gasteiger partial charge in [-0.2, -0.15) is 5.10 Å². The van der Waals surface area contributed by atoms with Crippen LogP contribution in [0.4, 0.5) is 0 Å². The van der Waals surface area contributed by atoms with Gasteiger partial charge >= 0.3 is 0 Å². The molecule has 0 saturated heterocycles. The van der Waals surface area contributed by atoms with E-state index in [4.69, 9.17) is 5.84 Å². The molecule has 0 spiro atoms. The minimum Gasteiger partial charge on any atom is -0.271 e. The third-order valence-electron chi connectivity index (χ3n) is 3.35. The lowest BCUT2D eigenvalue weighted by molar-refractivity contribution is 0.574. The molecule has 1 aromatic heterocycles. The first-order valence-electron chi connectivity index (χ1n) is 6.71. The molecular formula is C15H22N4. The highest BCUT2D eigenvalue weighted by atomic mass is 15.3. The zero-order valence-corrected chi connectivity index (χ0v) is 11.9. The summed E-state index contributed by atoms with van der Waals surface area (Å²) in [5.74, 6) is 5.72. The van der Waals surface area contributed by atoms with E-state index in [1.165, 1.54) is 12.0 Å². The molecule has 0 bridgehead atoms. The molecule has 1 aromatic carbocycles. The Morgan fingerprint density at radius 2 is 2.00 bits per heavy atom. The van der Waals surface area contributed by atoms with E-state index in [-0.39, 0.29) is 6.04 Å². The van der Waals surface area contributed by atoms with Crippen molar-refractivity contribution in [2.24, 2.45) is 12.9 Å². The zero-order chi connectivity index (χ0) is 13.8. The van der Waals surface area contributed by atoms with Crippen molar-refractivity contribution < 1.29 is 0 Å². The second kappa shape index (κ2) is 5.99. The molecule has 0 aliphatic carbocycles. The summed E-state index contributed by atoms with van der Waals surface area (Å²) in [6.07, 6.45) is 2.28. The fraction of sp³-hybridized carbons (Fsp3) is 0.400. The van der Waals surface area contributed by atoms with Gasteiger partial charge in [0.05, 0.1) is 17.4 Å². The van der Waals surface area contributed by atoms with Crippen molar-refractivity contribution in [1.29, 1.82) is 0 Å². The third-order valence-corrected chi connectivity index (χ3v) is 3.35. The van der Waals surface area contributed by atoms with E-state index in [0.717, 1.165) is 23.4 Å². The molecule has 102 valence electrons. The van der Waals surface area contributed by atoms with E-state index < -0.39 is 0 Å². The topological polar surface area (TPSA) is 55.9 Å². The summed E-state index contributed by atoms with van der Waals surface area (Å²) in [5, 5.41) is 4.37. The molecule has 2 rings (SSSR count). The summed E-state index contributed by atoms with van der Waals surface area (Å²) in [6.45, 7) is 4.18. The molecule has 0 fully saturated rings.